The van der Waals surface area contributed by atoms with E-state index in [1.807, 2.05) is 31.5 Å². The summed E-state index contributed by atoms with van der Waals surface area (Å²) in [5, 5.41) is 0. The number of nitrogens with zero attached hydrogens (tertiary/aromatic N) is 3. The third-order valence-corrected chi connectivity index (χ3v) is 6.83. The van der Waals surface area contributed by atoms with Crippen LogP contribution >= 0.6 is 0 Å². The van der Waals surface area contributed by atoms with Gasteiger partial charge in [0.25, 0.3) is 5.91 Å². The number of piperazine rings is 1. The van der Waals surface area contributed by atoms with E-state index in [-0.39, 0.29) is 5.91 Å². The summed E-state index contributed by atoms with van der Waals surface area (Å²) in [6, 6.07) is 10.3. The Kier molecular flexibility index (Phi) is 4.71. The molecule has 3 rings (SSSR count). The number of hydrogen-bond acceptors (Lipinski definition) is 3. The molecule has 1 aliphatic rings. The summed E-state index contributed by atoms with van der Waals surface area (Å²) in [4.78, 5) is 14.8. The number of carbonyl (C=O) groups is 1. The fourth-order valence-corrected chi connectivity index (χ4v) is 4.56. The molecular weight excluding hydrogens is 338 g/mol. The molecule has 25 heavy (non-hydrogen) atoms. The second-order valence-corrected chi connectivity index (χ2v) is 8.29. The maximum Gasteiger partial charge on any atom is 0.255 e. The summed E-state index contributed by atoms with van der Waals surface area (Å²) >= 11 is 0. The van der Waals surface area contributed by atoms with Crippen molar-refractivity contribution in [1.82, 2.24) is 13.8 Å². The minimum absolute atomic E-state index is 0.0297. The molecule has 0 unspecified atom stereocenters. The van der Waals surface area contributed by atoms with Crippen molar-refractivity contribution < 1.29 is 13.2 Å². The molecule has 0 bridgehead atoms. The van der Waals surface area contributed by atoms with Crippen molar-refractivity contribution in [2.75, 3.05) is 26.2 Å². The number of sulfonamides is 1. The van der Waals surface area contributed by atoms with E-state index in [4.69, 9.17) is 0 Å². The minimum Gasteiger partial charge on any atom is -0.351 e. The molecule has 0 spiro atoms. The molecule has 2 heterocycles. The van der Waals surface area contributed by atoms with Crippen LogP contribution in [0, 0.1) is 13.8 Å². The summed E-state index contributed by atoms with van der Waals surface area (Å²) in [6.07, 6.45) is 0. The third kappa shape index (κ3) is 3.21. The molecule has 1 aliphatic heterocycles. The van der Waals surface area contributed by atoms with Crippen molar-refractivity contribution in [3.8, 4) is 0 Å². The lowest BCUT2D eigenvalue weighted by Crippen LogP contribution is -2.50. The normalized spacial score (nSPS) is 16.2. The van der Waals surface area contributed by atoms with Crippen LogP contribution in [-0.2, 0) is 17.1 Å². The maximum absolute atomic E-state index is 12.8. The Balaban J connectivity index is 1.72. The molecule has 2 aromatic rings. The van der Waals surface area contributed by atoms with Gasteiger partial charge in [0.05, 0.1) is 10.5 Å². The highest BCUT2D eigenvalue weighted by Crippen LogP contribution is 2.20. The Morgan fingerprint density at radius 3 is 2.12 bits per heavy atom. The Morgan fingerprint density at radius 1 is 1.00 bits per heavy atom. The highest BCUT2D eigenvalue weighted by molar-refractivity contribution is 7.89. The van der Waals surface area contributed by atoms with Crippen molar-refractivity contribution in [3.63, 3.8) is 0 Å². The first-order valence-electron chi connectivity index (χ1n) is 8.30. The van der Waals surface area contributed by atoms with E-state index in [0.29, 0.717) is 36.6 Å². The number of aryl methyl sites for hydroxylation is 1. The lowest BCUT2D eigenvalue weighted by atomic mass is 10.2. The molecule has 6 nitrogen and oxygen atoms in total. The van der Waals surface area contributed by atoms with E-state index in [2.05, 4.69) is 0 Å². The fraction of sp³-hybridized carbons (Fsp3) is 0.389. The average molecular weight is 361 g/mol. The Hall–Kier alpha value is -2.12. The molecule has 1 amide bonds. The van der Waals surface area contributed by atoms with Gasteiger partial charge in [-0.15, -0.1) is 0 Å². The first-order valence-corrected chi connectivity index (χ1v) is 9.74. The van der Waals surface area contributed by atoms with Crippen molar-refractivity contribution in [2.45, 2.75) is 18.7 Å². The van der Waals surface area contributed by atoms with Gasteiger partial charge in [-0.25, -0.2) is 8.42 Å². The predicted octanol–water partition coefficient (Wildman–Crippen LogP) is 1.79. The van der Waals surface area contributed by atoms with E-state index < -0.39 is 10.0 Å². The number of carbonyl (C=O) groups excluding carboxylic acids is 1. The molecule has 1 aromatic carbocycles. The summed E-state index contributed by atoms with van der Waals surface area (Å²) in [6.45, 7) is 5.32. The Morgan fingerprint density at radius 2 is 1.60 bits per heavy atom. The number of amides is 1. The monoisotopic (exact) mass is 361 g/mol. The van der Waals surface area contributed by atoms with Crippen molar-refractivity contribution >= 4 is 15.9 Å². The third-order valence-electron chi connectivity index (χ3n) is 4.91. The summed E-state index contributed by atoms with van der Waals surface area (Å²) in [5.74, 6) is -0.0297. The molecular formula is C18H23N3O3S. The van der Waals surface area contributed by atoms with Gasteiger partial charge in [0.15, 0.2) is 0 Å². The largest absolute Gasteiger partial charge is 0.351 e. The molecule has 134 valence electrons. The quantitative estimate of drug-likeness (QED) is 0.837. The number of aromatic nitrogens is 1. The Bertz CT molecular complexity index is 880. The van der Waals surface area contributed by atoms with Gasteiger partial charge in [0.2, 0.25) is 10.0 Å². The van der Waals surface area contributed by atoms with E-state index in [1.54, 1.807) is 35.2 Å². The van der Waals surface area contributed by atoms with Gasteiger partial charge in [-0.1, -0.05) is 18.2 Å². The number of benzene rings is 1. The van der Waals surface area contributed by atoms with E-state index in [1.165, 1.54) is 4.31 Å². The van der Waals surface area contributed by atoms with Gasteiger partial charge in [-0.05, 0) is 32.0 Å². The van der Waals surface area contributed by atoms with Crippen molar-refractivity contribution in [3.05, 3.63) is 53.3 Å². The van der Waals surface area contributed by atoms with Gasteiger partial charge < -0.3 is 9.47 Å². The number of rotatable bonds is 3. The van der Waals surface area contributed by atoms with Crippen LogP contribution in [-0.4, -0.2) is 54.3 Å². The van der Waals surface area contributed by atoms with Gasteiger partial charge in [-0.3, -0.25) is 4.79 Å². The molecule has 0 saturated carbocycles. The summed E-state index contributed by atoms with van der Waals surface area (Å²) in [5.41, 5.74) is 2.66. The van der Waals surface area contributed by atoms with Crippen LogP contribution in [0.15, 0.2) is 41.3 Å². The molecule has 0 atom stereocenters. The van der Waals surface area contributed by atoms with Crippen LogP contribution < -0.4 is 0 Å². The maximum atomic E-state index is 12.8. The minimum atomic E-state index is -3.50. The predicted molar refractivity (Wildman–Crippen MR) is 96.0 cm³/mol. The molecule has 0 aliphatic carbocycles. The second-order valence-electron chi connectivity index (χ2n) is 6.35. The molecule has 1 aromatic heterocycles. The standard InChI is InChI=1S/C18H23N3O3S/c1-14-13-17(15(2)19(14)3)18(22)20-9-11-21(12-10-20)25(23,24)16-7-5-4-6-8-16/h4-8,13H,9-12H2,1-3H3. The van der Waals surface area contributed by atoms with Gasteiger partial charge in [-0.2, -0.15) is 4.31 Å². The fourth-order valence-electron chi connectivity index (χ4n) is 3.12. The highest BCUT2D eigenvalue weighted by Gasteiger charge is 2.31. The molecule has 7 heteroatoms. The van der Waals surface area contributed by atoms with Gasteiger partial charge in [0, 0.05) is 44.6 Å². The van der Waals surface area contributed by atoms with Crippen LogP contribution in [0.1, 0.15) is 21.7 Å². The highest BCUT2D eigenvalue weighted by atomic mass is 32.2. The van der Waals surface area contributed by atoms with Crippen LogP contribution in [0.25, 0.3) is 0 Å². The van der Waals surface area contributed by atoms with Crippen molar-refractivity contribution in [2.24, 2.45) is 7.05 Å². The van der Waals surface area contributed by atoms with E-state index >= 15 is 0 Å². The smallest absolute Gasteiger partial charge is 0.255 e. The molecule has 1 fully saturated rings. The summed E-state index contributed by atoms with van der Waals surface area (Å²) < 4.78 is 28.8. The van der Waals surface area contributed by atoms with Crippen LogP contribution in [0.2, 0.25) is 0 Å². The van der Waals surface area contributed by atoms with Crippen LogP contribution in [0.5, 0.6) is 0 Å². The van der Waals surface area contributed by atoms with E-state index in [9.17, 15) is 13.2 Å². The lowest BCUT2D eigenvalue weighted by Gasteiger charge is -2.34. The lowest BCUT2D eigenvalue weighted by molar-refractivity contribution is 0.0697. The molecule has 0 radical (unpaired) electrons. The zero-order chi connectivity index (χ0) is 18.2. The topological polar surface area (TPSA) is 62.6 Å². The van der Waals surface area contributed by atoms with Crippen molar-refractivity contribution in [1.29, 1.82) is 0 Å². The average Bonchev–Trinajstić information content (AvgIpc) is 2.89. The zero-order valence-corrected chi connectivity index (χ0v) is 15.6. The SMILES string of the molecule is Cc1cc(C(=O)N2CCN(S(=O)(=O)c3ccccc3)CC2)c(C)n1C. The van der Waals surface area contributed by atoms with E-state index in [0.717, 1.165) is 11.4 Å². The summed E-state index contributed by atoms with van der Waals surface area (Å²) in [7, 11) is -1.56. The van der Waals surface area contributed by atoms with Crippen LogP contribution in [0.4, 0.5) is 0 Å². The first kappa shape index (κ1) is 17.7. The number of hydrogen-bond donors (Lipinski definition) is 0. The van der Waals surface area contributed by atoms with Gasteiger partial charge in [0.1, 0.15) is 0 Å². The zero-order valence-electron chi connectivity index (χ0n) is 14.8. The second kappa shape index (κ2) is 6.65. The molecule has 0 N–H and O–H groups in total. The Labute approximate surface area is 148 Å². The van der Waals surface area contributed by atoms with Crippen LogP contribution in [0.3, 0.4) is 0 Å². The molecule has 1 saturated heterocycles. The van der Waals surface area contributed by atoms with Gasteiger partial charge >= 0.3 is 0 Å². The first-order chi connectivity index (χ1) is 11.8.